The topological polar surface area (TPSA) is 73.2 Å². The van der Waals surface area contributed by atoms with E-state index in [1.165, 1.54) is 4.57 Å². The summed E-state index contributed by atoms with van der Waals surface area (Å²) in [6.45, 7) is 0. The summed E-state index contributed by atoms with van der Waals surface area (Å²) in [7, 11) is 1.59. The maximum Gasteiger partial charge on any atom is 0.266 e. The minimum absolute atomic E-state index is 0.210. The van der Waals surface area contributed by atoms with Gasteiger partial charge in [0, 0.05) is 19.3 Å². The number of aromatic nitrogens is 2. The fourth-order valence-electron chi connectivity index (χ4n) is 3.69. The lowest BCUT2D eigenvalue weighted by molar-refractivity contribution is -0.110. The van der Waals surface area contributed by atoms with Crippen LogP contribution >= 0.6 is 38.5 Å². The molecule has 0 aliphatic carbocycles. The van der Waals surface area contributed by atoms with Crippen LogP contribution in [0.5, 0.6) is 5.75 Å². The molecule has 5 rings (SSSR count). The molecular formula is C24H15BrIN3O3. The first-order chi connectivity index (χ1) is 15.4. The first kappa shape index (κ1) is 20.9. The fourth-order valence-corrected chi connectivity index (χ4v) is 4.54. The molecule has 32 heavy (non-hydrogen) atoms. The highest BCUT2D eigenvalue weighted by Crippen LogP contribution is 2.35. The van der Waals surface area contributed by atoms with E-state index in [0.29, 0.717) is 33.7 Å². The molecular weight excluding hydrogens is 585 g/mol. The van der Waals surface area contributed by atoms with Gasteiger partial charge in [0.15, 0.2) is 0 Å². The number of anilines is 1. The third-order valence-corrected chi connectivity index (χ3v) is 6.39. The highest BCUT2D eigenvalue weighted by molar-refractivity contribution is 14.1. The highest BCUT2D eigenvalue weighted by Gasteiger charge is 2.25. The van der Waals surface area contributed by atoms with Crippen molar-refractivity contribution in [1.82, 2.24) is 9.55 Å². The second kappa shape index (κ2) is 8.18. The van der Waals surface area contributed by atoms with Crippen molar-refractivity contribution >= 4 is 72.7 Å². The highest BCUT2D eigenvalue weighted by atomic mass is 127. The second-order valence-corrected chi connectivity index (χ2v) is 9.33. The van der Waals surface area contributed by atoms with Crippen LogP contribution in [0.3, 0.4) is 0 Å². The van der Waals surface area contributed by atoms with Crippen LogP contribution in [-0.4, -0.2) is 22.6 Å². The van der Waals surface area contributed by atoms with Crippen LogP contribution in [0.4, 0.5) is 5.69 Å². The number of nitrogens with zero attached hydrogens (tertiary/aromatic N) is 2. The quantitative estimate of drug-likeness (QED) is 0.258. The Morgan fingerprint density at radius 1 is 1.06 bits per heavy atom. The molecule has 1 aromatic heterocycles. The van der Waals surface area contributed by atoms with Crippen LogP contribution in [0.1, 0.15) is 11.4 Å². The van der Waals surface area contributed by atoms with Crippen molar-refractivity contribution < 1.29 is 9.53 Å². The smallest absolute Gasteiger partial charge is 0.266 e. The first-order valence-electron chi connectivity index (χ1n) is 9.64. The van der Waals surface area contributed by atoms with Gasteiger partial charge in [-0.15, -0.1) is 0 Å². The number of carbonyl (C=O) groups is 1. The van der Waals surface area contributed by atoms with Crippen molar-refractivity contribution in [3.8, 4) is 11.4 Å². The molecule has 0 unspecified atom stereocenters. The van der Waals surface area contributed by atoms with Gasteiger partial charge in [0.2, 0.25) is 0 Å². The average molecular weight is 600 g/mol. The molecule has 0 bridgehead atoms. The Labute approximate surface area is 205 Å². The summed E-state index contributed by atoms with van der Waals surface area (Å²) in [4.78, 5) is 31.1. The van der Waals surface area contributed by atoms with E-state index in [1.54, 1.807) is 37.5 Å². The van der Waals surface area contributed by atoms with E-state index in [9.17, 15) is 9.59 Å². The van der Waals surface area contributed by atoms with Gasteiger partial charge in [-0.25, -0.2) is 4.98 Å². The van der Waals surface area contributed by atoms with Gasteiger partial charge >= 0.3 is 0 Å². The minimum Gasteiger partial charge on any atom is -0.497 e. The van der Waals surface area contributed by atoms with Crippen molar-refractivity contribution in [2.45, 2.75) is 0 Å². The molecule has 0 spiro atoms. The molecule has 3 aromatic carbocycles. The standard InChI is InChI=1S/C24H15BrIN3O3/c1-32-16-6-4-15(5-7-16)29-22(27-21-9-3-14(26)11-19(21)24(29)31)12-18-17-10-13(25)2-8-20(17)28-23(18)30/h2-12H,1H3,(H,28,30)/b18-12-. The summed E-state index contributed by atoms with van der Waals surface area (Å²) < 4.78 is 8.57. The van der Waals surface area contributed by atoms with E-state index in [1.807, 2.05) is 36.4 Å². The van der Waals surface area contributed by atoms with Crippen LogP contribution < -0.4 is 15.6 Å². The Kier molecular flexibility index (Phi) is 5.34. The summed E-state index contributed by atoms with van der Waals surface area (Å²) in [6.07, 6.45) is 1.66. The molecule has 1 N–H and O–H groups in total. The number of ether oxygens (including phenoxy) is 1. The largest absolute Gasteiger partial charge is 0.497 e. The van der Waals surface area contributed by atoms with E-state index in [4.69, 9.17) is 9.72 Å². The molecule has 1 amide bonds. The summed E-state index contributed by atoms with van der Waals surface area (Å²) in [6, 6.07) is 18.3. The lowest BCUT2D eigenvalue weighted by Gasteiger charge is -2.13. The Balaban J connectivity index is 1.80. The van der Waals surface area contributed by atoms with E-state index in [0.717, 1.165) is 19.3 Å². The number of methoxy groups -OCH3 is 1. The average Bonchev–Trinajstić information content (AvgIpc) is 3.09. The minimum atomic E-state index is -0.240. The van der Waals surface area contributed by atoms with Crippen LogP contribution in [0.2, 0.25) is 0 Å². The van der Waals surface area contributed by atoms with E-state index >= 15 is 0 Å². The molecule has 0 saturated carbocycles. The number of carbonyl (C=O) groups excluding carboxylic acids is 1. The zero-order valence-electron chi connectivity index (χ0n) is 16.7. The molecule has 1 aliphatic rings. The van der Waals surface area contributed by atoms with Gasteiger partial charge in [-0.3, -0.25) is 14.2 Å². The third-order valence-electron chi connectivity index (χ3n) is 5.22. The number of benzene rings is 3. The normalized spacial score (nSPS) is 14.0. The first-order valence-corrected chi connectivity index (χ1v) is 11.5. The zero-order valence-corrected chi connectivity index (χ0v) is 20.5. The van der Waals surface area contributed by atoms with Crippen LogP contribution in [0, 0.1) is 3.57 Å². The van der Waals surface area contributed by atoms with Gasteiger partial charge < -0.3 is 10.1 Å². The van der Waals surface area contributed by atoms with Crippen molar-refractivity contribution in [3.05, 3.63) is 90.4 Å². The molecule has 0 saturated heterocycles. The Morgan fingerprint density at radius 2 is 1.84 bits per heavy atom. The summed E-state index contributed by atoms with van der Waals surface area (Å²) in [5.74, 6) is 0.808. The summed E-state index contributed by atoms with van der Waals surface area (Å²) in [5, 5.41) is 3.38. The lowest BCUT2D eigenvalue weighted by atomic mass is 10.1. The van der Waals surface area contributed by atoms with Gasteiger partial charge in [0.25, 0.3) is 11.5 Å². The van der Waals surface area contributed by atoms with Gasteiger partial charge in [-0.05, 0) is 89.3 Å². The molecule has 2 heterocycles. The maximum absolute atomic E-state index is 13.6. The molecule has 0 fully saturated rings. The van der Waals surface area contributed by atoms with Gasteiger partial charge in [0.05, 0.1) is 29.3 Å². The number of hydrogen-bond acceptors (Lipinski definition) is 4. The molecule has 8 heteroatoms. The van der Waals surface area contributed by atoms with E-state index < -0.39 is 0 Å². The molecule has 0 atom stereocenters. The number of amides is 1. The fraction of sp³-hybridized carbons (Fsp3) is 0.0417. The van der Waals surface area contributed by atoms with E-state index in [2.05, 4.69) is 43.8 Å². The second-order valence-electron chi connectivity index (χ2n) is 7.17. The van der Waals surface area contributed by atoms with Crippen LogP contribution in [-0.2, 0) is 4.79 Å². The van der Waals surface area contributed by atoms with Crippen molar-refractivity contribution in [3.63, 3.8) is 0 Å². The van der Waals surface area contributed by atoms with Crippen LogP contribution in [0.15, 0.2) is 69.9 Å². The number of fused-ring (bicyclic) bond motifs is 2. The van der Waals surface area contributed by atoms with E-state index in [-0.39, 0.29) is 11.5 Å². The number of hydrogen-bond donors (Lipinski definition) is 1. The molecule has 1 aliphatic heterocycles. The molecule has 4 aromatic rings. The molecule has 0 radical (unpaired) electrons. The summed E-state index contributed by atoms with van der Waals surface area (Å²) >= 11 is 5.64. The Bertz CT molecular complexity index is 1490. The van der Waals surface area contributed by atoms with Gasteiger partial charge in [0.1, 0.15) is 11.6 Å². The predicted octanol–water partition coefficient (Wildman–Crippen LogP) is 5.25. The lowest BCUT2D eigenvalue weighted by Crippen LogP contribution is -2.22. The van der Waals surface area contributed by atoms with Crippen LogP contribution in [0.25, 0.3) is 28.2 Å². The maximum atomic E-state index is 13.6. The molecule has 6 nitrogen and oxygen atoms in total. The number of rotatable bonds is 3. The van der Waals surface area contributed by atoms with Crippen molar-refractivity contribution in [2.24, 2.45) is 0 Å². The SMILES string of the molecule is COc1ccc(-n2c(/C=C3\C(=O)Nc4ccc(Br)cc43)nc3ccc(I)cc3c2=O)cc1. The molecule has 158 valence electrons. The van der Waals surface area contributed by atoms with Crippen molar-refractivity contribution in [2.75, 3.05) is 12.4 Å². The number of nitrogens with one attached hydrogen (secondary N) is 1. The van der Waals surface area contributed by atoms with Gasteiger partial charge in [-0.1, -0.05) is 15.9 Å². The Morgan fingerprint density at radius 3 is 2.59 bits per heavy atom. The monoisotopic (exact) mass is 599 g/mol. The predicted molar refractivity (Wildman–Crippen MR) is 137 cm³/mol. The number of halogens is 2. The van der Waals surface area contributed by atoms with Gasteiger partial charge in [-0.2, -0.15) is 0 Å². The third kappa shape index (κ3) is 3.63. The van der Waals surface area contributed by atoms with Crippen molar-refractivity contribution in [1.29, 1.82) is 0 Å². The Hall–Kier alpha value is -2.98. The summed E-state index contributed by atoms with van der Waals surface area (Å²) in [5.41, 5.74) is 2.91. The zero-order chi connectivity index (χ0) is 22.4.